The van der Waals surface area contributed by atoms with E-state index in [1.807, 2.05) is 36.4 Å². The third-order valence-corrected chi connectivity index (χ3v) is 4.83. The van der Waals surface area contributed by atoms with E-state index >= 15 is 0 Å². The molecule has 124 valence electrons. The van der Waals surface area contributed by atoms with Gasteiger partial charge in [0.1, 0.15) is 6.04 Å². The highest BCUT2D eigenvalue weighted by atomic mass is 35.5. The number of hydrogen-bond donors (Lipinski definition) is 1. The summed E-state index contributed by atoms with van der Waals surface area (Å²) < 4.78 is 5.12. The topological polar surface area (TPSA) is 52.3 Å². The first kappa shape index (κ1) is 19.8. The molecule has 6 heteroatoms. The van der Waals surface area contributed by atoms with Gasteiger partial charge >= 0.3 is 5.97 Å². The molecule has 1 aliphatic heterocycles. The lowest BCUT2D eigenvalue weighted by atomic mass is 9.85. The van der Waals surface area contributed by atoms with E-state index < -0.39 is 6.04 Å². The maximum Gasteiger partial charge on any atom is 0.323 e. The molecule has 0 amide bonds. The Morgan fingerprint density at radius 3 is 2.04 bits per heavy atom. The first-order chi connectivity index (χ1) is 10.2. The average Bonchev–Trinajstić information content (AvgIpc) is 2.52. The van der Waals surface area contributed by atoms with E-state index in [1.165, 1.54) is 0 Å². The zero-order chi connectivity index (χ0) is 14.8. The number of carbonyl (C=O) groups is 1. The van der Waals surface area contributed by atoms with Crippen LogP contribution >= 0.6 is 36.6 Å². The third-order valence-electron chi connectivity index (χ3n) is 3.65. The fourth-order valence-electron chi connectivity index (χ4n) is 2.71. The average molecular weight is 372 g/mol. The molecule has 1 aliphatic rings. The maximum absolute atomic E-state index is 12.1. The molecule has 0 radical (unpaired) electrons. The van der Waals surface area contributed by atoms with Gasteiger partial charge in [0.25, 0.3) is 0 Å². The fourth-order valence-corrected chi connectivity index (χ4v) is 3.86. The number of ether oxygens (including phenoxy) is 1. The smallest absolute Gasteiger partial charge is 0.323 e. The van der Waals surface area contributed by atoms with E-state index in [0.717, 1.165) is 20.9 Å². The second kappa shape index (κ2) is 8.60. The lowest BCUT2D eigenvalue weighted by Crippen LogP contribution is -2.39. The van der Waals surface area contributed by atoms with Gasteiger partial charge in [-0.3, -0.25) is 4.79 Å². The Kier molecular flexibility index (Phi) is 7.42. The minimum absolute atomic E-state index is 0. The predicted molar refractivity (Wildman–Crippen MR) is 98.0 cm³/mol. The van der Waals surface area contributed by atoms with Gasteiger partial charge in [-0.05, 0) is 30.2 Å². The van der Waals surface area contributed by atoms with Crippen LogP contribution in [0.25, 0.3) is 0 Å². The SMILES string of the molecule is CCOC(=O)C(N)C1c2ccccc2Sc2ccccc21.Cl.Cl. The van der Waals surface area contributed by atoms with Crippen molar-refractivity contribution in [3.05, 3.63) is 59.7 Å². The van der Waals surface area contributed by atoms with Gasteiger partial charge in [-0.1, -0.05) is 48.2 Å². The number of fused-ring (bicyclic) bond motifs is 2. The molecule has 3 rings (SSSR count). The summed E-state index contributed by atoms with van der Waals surface area (Å²) in [6, 6.07) is 15.5. The van der Waals surface area contributed by atoms with E-state index in [-0.39, 0.29) is 36.7 Å². The van der Waals surface area contributed by atoms with Gasteiger partial charge < -0.3 is 10.5 Å². The van der Waals surface area contributed by atoms with Crippen molar-refractivity contribution in [1.82, 2.24) is 0 Å². The van der Waals surface area contributed by atoms with Crippen molar-refractivity contribution in [3.63, 3.8) is 0 Å². The number of rotatable bonds is 3. The van der Waals surface area contributed by atoms with Gasteiger partial charge in [0.2, 0.25) is 0 Å². The Morgan fingerprint density at radius 2 is 1.57 bits per heavy atom. The Morgan fingerprint density at radius 1 is 1.09 bits per heavy atom. The molecule has 1 heterocycles. The minimum atomic E-state index is -0.687. The predicted octanol–water partition coefficient (Wildman–Crippen LogP) is 4.02. The molecule has 2 N–H and O–H groups in total. The molecule has 0 bridgehead atoms. The molecule has 3 nitrogen and oxygen atoms in total. The molecule has 23 heavy (non-hydrogen) atoms. The van der Waals surface area contributed by atoms with Gasteiger partial charge in [0, 0.05) is 15.7 Å². The summed E-state index contributed by atoms with van der Waals surface area (Å²) in [5.41, 5.74) is 8.42. The first-order valence-corrected chi connectivity index (χ1v) is 7.82. The van der Waals surface area contributed by atoms with Crippen molar-refractivity contribution in [2.75, 3.05) is 6.61 Å². The molecular weight excluding hydrogens is 353 g/mol. The monoisotopic (exact) mass is 371 g/mol. The van der Waals surface area contributed by atoms with Crippen molar-refractivity contribution < 1.29 is 9.53 Å². The highest BCUT2D eigenvalue weighted by Gasteiger charge is 2.34. The zero-order valence-electron chi connectivity index (χ0n) is 12.6. The molecule has 0 spiro atoms. The van der Waals surface area contributed by atoms with Gasteiger partial charge in [0.15, 0.2) is 0 Å². The van der Waals surface area contributed by atoms with Gasteiger partial charge in [-0.15, -0.1) is 24.8 Å². The summed E-state index contributed by atoms with van der Waals surface area (Å²) in [6.07, 6.45) is 0. The van der Waals surface area contributed by atoms with E-state index in [2.05, 4.69) is 12.1 Å². The van der Waals surface area contributed by atoms with Crippen LogP contribution in [0.3, 0.4) is 0 Å². The summed E-state index contributed by atoms with van der Waals surface area (Å²) in [7, 11) is 0. The first-order valence-electron chi connectivity index (χ1n) is 7.00. The molecule has 1 unspecified atom stereocenters. The summed E-state index contributed by atoms with van der Waals surface area (Å²) >= 11 is 1.72. The molecule has 2 aromatic rings. The molecule has 0 fully saturated rings. The number of esters is 1. The molecular formula is C17H19Cl2NO2S. The summed E-state index contributed by atoms with van der Waals surface area (Å²) in [5.74, 6) is -0.503. The summed E-state index contributed by atoms with van der Waals surface area (Å²) in [4.78, 5) is 14.4. The number of halogens is 2. The van der Waals surface area contributed by atoms with Crippen LogP contribution < -0.4 is 5.73 Å². The largest absolute Gasteiger partial charge is 0.465 e. The Bertz CT molecular complexity index is 636. The van der Waals surface area contributed by atoms with Crippen molar-refractivity contribution in [2.24, 2.45) is 5.73 Å². The highest BCUT2D eigenvalue weighted by Crippen LogP contribution is 2.46. The molecule has 0 saturated carbocycles. The van der Waals surface area contributed by atoms with Crippen LogP contribution in [0.1, 0.15) is 24.0 Å². The Labute approximate surface area is 152 Å². The van der Waals surface area contributed by atoms with E-state index in [4.69, 9.17) is 10.5 Å². The summed E-state index contributed by atoms with van der Waals surface area (Å²) in [5, 5.41) is 0. The van der Waals surface area contributed by atoms with E-state index in [0.29, 0.717) is 6.61 Å². The normalized spacial score (nSPS) is 13.7. The lowest BCUT2D eigenvalue weighted by Gasteiger charge is -2.30. The Hall–Kier alpha value is -1.20. The van der Waals surface area contributed by atoms with Crippen LogP contribution in [-0.2, 0) is 9.53 Å². The number of carbonyl (C=O) groups excluding carboxylic acids is 1. The standard InChI is InChI=1S/C17H17NO2S.2ClH/c1-2-20-17(19)16(18)15-11-7-3-5-9-13(11)21-14-10-6-4-8-12(14)15;;/h3-10,15-16H,2,18H2,1H3;2*1H. The summed E-state index contributed by atoms with van der Waals surface area (Å²) in [6.45, 7) is 2.14. The maximum atomic E-state index is 12.1. The third kappa shape index (κ3) is 3.83. The molecule has 1 atom stereocenters. The highest BCUT2D eigenvalue weighted by molar-refractivity contribution is 7.99. The molecule has 2 aromatic carbocycles. The van der Waals surface area contributed by atoms with Gasteiger partial charge in [-0.25, -0.2) is 0 Å². The molecule has 0 aliphatic carbocycles. The van der Waals surface area contributed by atoms with Crippen LogP contribution in [-0.4, -0.2) is 18.6 Å². The number of benzene rings is 2. The Balaban J connectivity index is 0.00000132. The van der Waals surface area contributed by atoms with E-state index in [9.17, 15) is 4.79 Å². The molecule has 0 aromatic heterocycles. The minimum Gasteiger partial charge on any atom is -0.465 e. The fraction of sp³-hybridized carbons (Fsp3) is 0.235. The van der Waals surface area contributed by atoms with Crippen molar-refractivity contribution in [2.45, 2.75) is 28.7 Å². The number of nitrogens with two attached hydrogens (primary N) is 1. The van der Waals surface area contributed by atoms with Crippen LogP contribution in [0.4, 0.5) is 0 Å². The van der Waals surface area contributed by atoms with Crippen molar-refractivity contribution in [3.8, 4) is 0 Å². The van der Waals surface area contributed by atoms with Crippen LogP contribution in [0.2, 0.25) is 0 Å². The second-order valence-corrected chi connectivity index (χ2v) is 6.02. The quantitative estimate of drug-likeness (QED) is 0.827. The second-order valence-electron chi connectivity index (χ2n) is 4.93. The van der Waals surface area contributed by atoms with Crippen molar-refractivity contribution >= 4 is 42.5 Å². The van der Waals surface area contributed by atoms with Crippen LogP contribution in [0.15, 0.2) is 58.3 Å². The van der Waals surface area contributed by atoms with E-state index in [1.54, 1.807) is 18.7 Å². The van der Waals surface area contributed by atoms with Gasteiger partial charge in [-0.2, -0.15) is 0 Å². The van der Waals surface area contributed by atoms with Crippen LogP contribution in [0, 0.1) is 0 Å². The molecule has 0 saturated heterocycles. The zero-order valence-corrected chi connectivity index (χ0v) is 15.0. The lowest BCUT2D eigenvalue weighted by molar-refractivity contribution is -0.145. The van der Waals surface area contributed by atoms with Gasteiger partial charge in [0.05, 0.1) is 6.61 Å². The van der Waals surface area contributed by atoms with Crippen LogP contribution in [0.5, 0.6) is 0 Å². The number of hydrogen-bond acceptors (Lipinski definition) is 4. The van der Waals surface area contributed by atoms with Crippen molar-refractivity contribution in [1.29, 1.82) is 0 Å².